The van der Waals surface area contributed by atoms with Crippen molar-refractivity contribution in [3.05, 3.63) is 59.5 Å². The minimum Gasteiger partial charge on any atom is -0.433 e. The Morgan fingerprint density at radius 1 is 1.29 bits per heavy atom. The number of hydrogen-bond donors (Lipinski definition) is 2. The Labute approximate surface area is 157 Å². The van der Waals surface area contributed by atoms with Crippen molar-refractivity contribution < 1.29 is 27.5 Å². The number of alkyl halides is 3. The summed E-state index contributed by atoms with van der Waals surface area (Å²) < 4.78 is 42.9. The Morgan fingerprint density at radius 3 is 2.82 bits per heavy atom. The molecule has 0 fully saturated rings. The van der Waals surface area contributed by atoms with E-state index < -0.39 is 24.1 Å². The molecule has 146 valence electrons. The lowest BCUT2D eigenvalue weighted by Crippen LogP contribution is -2.43. The van der Waals surface area contributed by atoms with Crippen LogP contribution < -0.4 is 5.32 Å². The Morgan fingerprint density at radius 2 is 2.07 bits per heavy atom. The van der Waals surface area contributed by atoms with Gasteiger partial charge in [0.2, 0.25) is 0 Å². The second-order valence-corrected chi connectivity index (χ2v) is 6.47. The number of nitrogens with zero attached hydrogens (tertiary/aromatic N) is 2. The van der Waals surface area contributed by atoms with Gasteiger partial charge in [-0.05, 0) is 35.7 Å². The molecule has 2 amide bonds. The van der Waals surface area contributed by atoms with E-state index in [9.17, 15) is 23.1 Å². The van der Waals surface area contributed by atoms with Gasteiger partial charge in [-0.15, -0.1) is 0 Å². The Hall–Kier alpha value is -3.07. The summed E-state index contributed by atoms with van der Waals surface area (Å²) in [7, 11) is 0. The fourth-order valence-corrected chi connectivity index (χ4v) is 3.41. The molecule has 1 aliphatic heterocycles. The first kappa shape index (κ1) is 18.3. The van der Waals surface area contributed by atoms with Gasteiger partial charge in [-0.1, -0.05) is 24.3 Å². The Bertz CT molecular complexity index is 1030. The van der Waals surface area contributed by atoms with Gasteiger partial charge < -0.3 is 19.7 Å². The highest BCUT2D eigenvalue weighted by molar-refractivity contribution is 5.92. The average molecular weight is 391 g/mol. The van der Waals surface area contributed by atoms with Crippen molar-refractivity contribution in [2.24, 2.45) is 0 Å². The second kappa shape index (κ2) is 6.83. The van der Waals surface area contributed by atoms with E-state index in [0.717, 1.165) is 11.1 Å². The van der Waals surface area contributed by atoms with Crippen LogP contribution in [0.15, 0.2) is 46.9 Å². The van der Waals surface area contributed by atoms with E-state index in [2.05, 4.69) is 14.7 Å². The number of carbonyl (C=O) groups excluding carboxylic acids is 1. The fourth-order valence-electron chi connectivity index (χ4n) is 3.41. The van der Waals surface area contributed by atoms with Crippen molar-refractivity contribution in [2.75, 3.05) is 18.5 Å². The highest BCUT2D eigenvalue weighted by Gasteiger charge is 2.37. The van der Waals surface area contributed by atoms with Crippen LogP contribution in [0.4, 0.5) is 23.7 Å². The molecule has 2 N–H and O–H groups in total. The molecule has 2 heterocycles. The molecule has 3 aromatic rings. The van der Waals surface area contributed by atoms with Crippen LogP contribution in [0, 0.1) is 0 Å². The number of aliphatic hydroxyl groups is 1. The van der Waals surface area contributed by atoms with E-state index in [4.69, 9.17) is 0 Å². The number of nitrogens with one attached hydrogen (secondary N) is 1. The molecule has 1 aromatic heterocycles. The number of hydrogen-bond acceptors (Lipinski definition) is 4. The number of carbonyl (C=O) groups is 1. The van der Waals surface area contributed by atoms with Crippen LogP contribution in [0.2, 0.25) is 0 Å². The molecule has 0 radical (unpaired) electrons. The second-order valence-electron chi connectivity index (χ2n) is 6.47. The topological polar surface area (TPSA) is 78.6 Å². The fraction of sp³-hybridized carbons (Fsp3) is 0.263. The molecule has 1 aliphatic rings. The average Bonchev–Trinajstić information content (AvgIpc) is 3.11. The largest absolute Gasteiger partial charge is 0.468 e. The van der Waals surface area contributed by atoms with Crippen LogP contribution in [0.3, 0.4) is 0 Å². The minimum absolute atomic E-state index is 0.00665. The maximum atomic E-state index is 12.7. The summed E-state index contributed by atoms with van der Waals surface area (Å²) >= 11 is 0. The molecule has 0 saturated heterocycles. The lowest BCUT2D eigenvalue weighted by Gasteiger charge is -2.36. The predicted octanol–water partition coefficient (Wildman–Crippen LogP) is 3.97. The number of aromatic nitrogens is 1. The van der Waals surface area contributed by atoms with Gasteiger partial charge in [-0.25, -0.2) is 9.78 Å². The van der Waals surface area contributed by atoms with Gasteiger partial charge in [-0.2, -0.15) is 13.2 Å². The zero-order valence-corrected chi connectivity index (χ0v) is 14.5. The summed E-state index contributed by atoms with van der Waals surface area (Å²) in [4.78, 5) is 17.7. The first-order valence-electron chi connectivity index (χ1n) is 8.61. The number of halogens is 3. The van der Waals surface area contributed by atoms with Crippen LogP contribution in [0.1, 0.15) is 23.1 Å². The first-order valence-corrected chi connectivity index (χ1v) is 8.61. The van der Waals surface area contributed by atoms with Crippen molar-refractivity contribution in [1.82, 2.24) is 9.88 Å². The van der Waals surface area contributed by atoms with Crippen molar-refractivity contribution >= 4 is 22.8 Å². The Balaban J connectivity index is 1.56. The molecule has 9 heteroatoms. The number of aliphatic hydroxyl groups excluding tert-OH is 1. The van der Waals surface area contributed by atoms with Crippen LogP contribution in [0.5, 0.6) is 0 Å². The van der Waals surface area contributed by atoms with Crippen LogP contribution in [0.25, 0.3) is 11.1 Å². The summed E-state index contributed by atoms with van der Waals surface area (Å²) in [6, 6.07) is 10.7. The van der Waals surface area contributed by atoms with Gasteiger partial charge in [0, 0.05) is 12.2 Å². The number of fused-ring (bicyclic) bond motifs is 2. The normalized spacial score (nSPS) is 16.9. The number of oxazole rings is 1. The zero-order chi connectivity index (χ0) is 19.9. The monoisotopic (exact) mass is 391 g/mol. The minimum atomic E-state index is -4.68. The molecule has 2 aromatic carbocycles. The summed E-state index contributed by atoms with van der Waals surface area (Å²) in [6.45, 7) is 0.181. The maximum absolute atomic E-state index is 12.7. The molecule has 6 nitrogen and oxygen atoms in total. The molecule has 4 rings (SSSR count). The lowest BCUT2D eigenvalue weighted by atomic mass is 9.93. The van der Waals surface area contributed by atoms with Crippen molar-refractivity contribution in [2.45, 2.75) is 18.6 Å². The summed E-state index contributed by atoms with van der Waals surface area (Å²) in [6.07, 6.45) is -4.03. The summed E-state index contributed by atoms with van der Waals surface area (Å²) in [5, 5.41) is 12.5. The highest BCUT2D eigenvalue weighted by Crippen LogP contribution is 2.33. The SMILES string of the molecule is O=C(Nc1ccc2oc(C(F)(F)F)nc2c1)N1CCc2ccccc2C1CO. The number of anilines is 1. The van der Waals surface area contributed by atoms with Gasteiger partial charge in [0.05, 0.1) is 12.6 Å². The van der Waals surface area contributed by atoms with E-state index in [1.165, 1.54) is 23.1 Å². The molecule has 0 saturated carbocycles. The van der Waals surface area contributed by atoms with Crippen LogP contribution in [-0.2, 0) is 12.6 Å². The molecule has 1 unspecified atom stereocenters. The van der Waals surface area contributed by atoms with Crippen molar-refractivity contribution in [1.29, 1.82) is 0 Å². The molecule has 0 bridgehead atoms. The molecule has 0 aliphatic carbocycles. The van der Waals surface area contributed by atoms with Gasteiger partial charge in [0.1, 0.15) is 5.52 Å². The molecule has 1 atom stereocenters. The van der Waals surface area contributed by atoms with Crippen molar-refractivity contribution in [3.8, 4) is 0 Å². The number of urea groups is 1. The van der Waals surface area contributed by atoms with E-state index in [1.54, 1.807) is 0 Å². The van der Waals surface area contributed by atoms with Gasteiger partial charge in [0.15, 0.2) is 5.58 Å². The third-order valence-electron chi connectivity index (χ3n) is 4.73. The van der Waals surface area contributed by atoms with E-state index in [1.807, 2.05) is 24.3 Å². The molecule has 0 spiro atoms. The van der Waals surface area contributed by atoms with Crippen molar-refractivity contribution in [3.63, 3.8) is 0 Å². The van der Waals surface area contributed by atoms with Gasteiger partial charge >= 0.3 is 18.1 Å². The lowest BCUT2D eigenvalue weighted by molar-refractivity contribution is -0.156. The number of benzene rings is 2. The number of rotatable bonds is 2. The first-order chi connectivity index (χ1) is 13.4. The smallest absolute Gasteiger partial charge is 0.433 e. The van der Waals surface area contributed by atoms with E-state index in [-0.39, 0.29) is 23.4 Å². The zero-order valence-electron chi connectivity index (χ0n) is 14.5. The van der Waals surface area contributed by atoms with Crippen LogP contribution in [-0.4, -0.2) is 34.2 Å². The quantitative estimate of drug-likeness (QED) is 0.693. The van der Waals surface area contributed by atoms with Crippen LogP contribution >= 0.6 is 0 Å². The van der Waals surface area contributed by atoms with Gasteiger partial charge in [-0.3, -0.25) is 0 Å². The number of amides is 2. The van der Waals surface area contributed by atoms with Gasteiger partial charge in [0.25, 0.3) is 0 Å². The summed E-state index contributed by atoms with van der Waals surface area (Å²) in [5.74, 6) is -1.33. The molecular formula is C19H16F3N3O3. The van der Waals surface area contributed by atoms with E-state index >= 15 is 0 Å². The standard InChI is InChI=1S/C19H16F3N3O3/c20-19(21,22)17-24-14-9-12(5-6-16(14)28-17)23-18(27)25-8-7-11-3-1-2-4-13(11)15(25)10-26/h1-6,9,15,26H,7-8,10H2,(H,23,27). The predicted molar refractivity (Wildman–Crippen MR) is 94.7 cm³/mol. The summed E-state index contributed by atoms with van der Waals surface area (Å²) in [5.41, 5.74) is 2.22. The highest BCUT2D eigenvalue weighted by atomic mass is 19.4. The molecular weight excluding hydrogens is 375 g/mol. The maximum Gasteiger partial charge on any atom is 0.468 e. The molecule has 28 heavy (non-hydrogen) atoms. The van der Waals surface area contributed by atoms with E-state index in [0.29, 0.717) is 13.0 Å². The Kier molecular flexibility index (Phi) is 4.46. The third kappa shape index (κ3) is 3.29. The third-order valence-corrected chi connectivity index (χ3v) is 4.73.